The van der Waals surface area contributed by atoms with Gasteiger partial charge in [-0.1, -0.05) is 6.07 Å². The van der Waals surface area contributed by atoms with E-state index in [0.717, 1.165) is 39.1 Å². The van der Waals surface area contributed by atoms with Crippen LogP contribution in [0.5, 0.6) is 0 Å². The Morgan fingerprint density at radius 1 is 1.31 bits per heavy atom. The normalized spacial score (nSPS) is 10.6. The summed E-state index contributed by atoms with van der Waals surface area (Å²) < 4.78 is 6.67. The summed E-state index contributed by atoms with van der Waals surface area (Å²) >= 11 is 0. The van der Waals surface area contributed by atoms with Crippen LogP contribution in [0.2, 0.25) is 0 Å². The molecule has 0 radical (unpaired) electrons. The summed E-state index contributed by atoms with van der Waals surface area (Å²) in [7, 11) is 1.70. The van der Waals surface area contributed by atoms with Crippen LogP contribution >= 0.6 is 0 Å². The third-order valence-electron chi connectivity index (χ3n) is 2.38. The van der Waals surface area contributed by atoms with E-state index in [4.69, 9.17) is 4.74 Å². The van der Waals surface area contributed by atoms with Crippen molar-refractivity contribution in [2.75, 3.05) is 26.8 Å². The molecule has 4 heteroatoms. The largest absolute Gasteiger partial charge is 0.383 e. The van der Waals surface area contributed by atoms with Gasteiger partial charge in [-0.2, -0.15) is 0 Å². The molecule has 0 atom stereocenters. The zero-order valence-corrected chi connectivity index (χ0v) is 9.82. The first kappa shape index (κ1) is 12.9. The number of pyridine rings is 1. The van der Waals surface area contributed by atoms with Gasteiger partial charge in [-0.25, -0.2) is 0 Å². The van der Waals surface area contributed by atoms with Crippen LogP contribution in [0.4, 0.5) is 0 Å². The van der Waals surface area contributed by atoms with Crippen molar-refractivity contribution >= 4 is 0 Å². The molecule has 16 heavy (non-hydrogen) atoms. The van der Waals surface area contributed by atoms with Crippen molar-refractivity contribution in [2.24, 2.45) is 0 Å². The highest BCUT2D eigenvalue weighted by Gasteiger charge is 1.93. The maximum Gasteiger partial charge on any atom is 0.250 e. The smallest absolute Gasteiger partial charge is 0.250 e. The second kappa shape index (κ2) is 8.07. The van der Waals surface area contributed by atoms with E-state index in [2.05, 4.69) is 5.32 Å². The van der Waals surface area contributed by atoms with Crippen LogP contribution < -0.4 is 10.9 Å². The van der Waals surface area contributed by atoms with Crippen molar-refractivity contribution in [2.45, 2.75) is 19.4 Å². The number of hydrogen-bond acceptors (Lipinski definition) is 3. The SMILES string of the molecule is COCCNCCCCn1ccccc1=O. The molecule has 1 heterocycles. The first-order valence-corrected chi connectivity index (χ1v) is 5.69. The van der Waals surface area contributed by atoms with Gasteiger partial charge < -0.3 is 14.6 Å². The van der Waals surface area contributed by atoms with E-state index in [9.17, 15) is 4.79 Å². The van der Waals surface area contributed by atoms with Crippen molar-refractivity contribution in [1.82, 2.24) is 9.88 Å². The van der Waals surface area contributed by atoms with Crippen LogP contribution in [0.1, 0.15) is 12.8 Å². The van der Waals surface area contributed by atoms with E-state index in [0.29, 0.717) is 0 Å². The van der Waals surface area contributed by atoms with Crippen LogP contribution in [0, 0.1) is 0 Å². The van der Waals surface area contributed by atoms with Crippen molar-refractivity contribution in [3.8, 4) is 0 Å². The highest BCUT2D eigenvalue weighted by Crippen LogP contribution is 1.91. The van der Waals surface area contributed by atoms with Gasteiger partial charge in [-0.05, 0) is 25.5 Å². The summed E-state index contributed by atoms with van der Waals surface area (Å²) in [6, 6.07) is 5.25. The molecule has 0 amide bonds. The van der Waals surface area contributed by atoms with Gasteiger partial charge in [-0.3, -0.25) is 4.79 Å². The van der Waals surface area contributed by atoms with Crippen LogP contribution in [0.15, 0.2) is 29.2 Å². The molecule has 0 saturated heterocycles. The fourth-order valence-electron chi connectivity index (χ4n) is 1.48. The van der Waals surface area contributed by atoms with E-state index < -0.39 is 0 Å². The Kier molecular flexibility index (Phi) is 6.53. The fraction of sp³-hybridized carbons (Fsp3) is 0.583. The van der Waals surface area contributed by atoms with Gasteiger partial charge in [0, 0.05) is 32.5 Å². The molecular formula is C12H20N2O2. The lowest BCUT2D eigenvalue weighted by atomic mass is 10.3. The zero-order valence-electron chi connectivity index (χ0n) is 9.82. The molecule has 0 saturated carbocycles. The summed E-state index contributed by atoms with van der Waals surface area (Å²) in [5.74, 6) is 0. The topological polar surface area (TPSA) is 43.3 Å². The highest BCUT2D eigenvalue weighted by molar-refractivity contribution is 4.92. The molecule has 1 N–H and O–H groups in total. The summed E-state index contributed by atoms with van der Waals surface area (Å²) in [4.78, 5) is 11.4. The first-order chi connectivity index (χ1) is 7.84. The van der Waals surface area contributed by atoms with Gasteiger partial charge in [0.25, 0.3) is 0 Å². The van der Waals surface area contributed by atoms with Gasteiger partial charge in [0.05, 0.1) is 6.61 Å². The van der Waals surface area contributed by atoms with Crippen molar-refractivity contribution in [3.63, 3.8) is 0 Å². The summed E-state index contributed by atoms with van der Waals surface area (Å²) in [6.45, 7) is 3.41. The third kappa shape index (κ3) is 5.09. The molecule has 0 fully saturated rings. The number of aryl methyl sites for hydroxylation is 1. The predicted octanol–water partition coefficient (Wildman–Crippen LogP) is 0.864. The molecule has 4 nitrogen and oxygen atoms in total. The second-order valence-electron chi connectivity index (χ2n) is 3.68. The Labute approximate surface area is 96.2 Å². The average Bonchev–Trinajstić information content (AvgIpc) is 2.30. The Balaban J connectivity index is 2.08. The molecule has 1 aromatic rings. The van der Waals surface area contributed by atoms with Crippen LogP contribution in [-0.4, -0.2) is 31.4 Å². The third-order valence-corrected chi connectivity index (χ3v) is 2.38. The lowest BCUT2D eigenvalue weighted by Gasteiger charge is -2.05. The van der Waals surface area contributed by atoms with Crippen LogP contribution in [-0.2, 0) is 11.3 Å². The molecule has 0 spiro atoms. The van der Waals surface area contributed by atoms with E-state index in [1.54, 1.807) is 23.8 Å². The van der Waals surface area contributed by atoms with Gasteiger partial charge in [0.2, 0.25) is 5.56 Å². The summed E-state index contributed by atoms with van der Waals surface area (Å²) in [5, 5.41) is 3.27. The van der Waals surface area contributed by atoms with Gasteiger partial charge in [-0.15, -0.1) is 0 Å². The number of nitrogens with one attached hydrogen (secondary N) is 1. The molecule has 0 aliphatic rings. The molecule has 0 aliphatic heterocycles. The second-order valence-corrected chi connectivity index (χ2v) is 3.68. The number of ether oxygens (including phenoxy) is 1. The maximum absolute atomic E-state index is 11.4. The molecule has 1 rings (SSSR count). The average molecular weight is 224 g/mol. The number of methoxy groups -OCH3 is 1. The Hall–Kier alpha value is -1.13. The summed E-state index contributed by atoms with van der Waals surface area (Å²) in [5.41, 5.74) is 0.0786. The molecule has 1 aromatic heterocycles. The number of rotatable bonds is 8. The van der Waals surface area contributed by atoms with E-state index >= 15 is 0 Å². The van der Waals surface area contributed by atoms with Gasteiger partial charge in [0.1, 0.15) is 0 Å². The minimum Gasteiger partial charge on any atom is -0.383 e. The van der Waals surface area contributed by atoms with Crippen molar-refractivity contribution in [1.29, 1.82) is 0 Å². The lowest BCUT2D eigenvalue weighted by Crippen LogP contribution is -2.22. The minimum atomic E-state index is 0.0786. The number of hydrogen-bond donors (Lipinski definition) is 1. The minimum absolute atomic E-state index is 0.0786. The number of unbranched alkanes of at least 4 members (excludes halogenated alkanes) is 1. The Morgan fingerprint density at radius 2 is 2.19 bits per heavy atom. The standard InChI is InChI=1S/C12H20N2O2/c1-16-11-8-13-7-3-5-10-14-9-4-2-6-12(14)15/h2,4,6,9,13H,3,5,7-8,10-11H2,1H3. The number of nitrogens with zero attached hydrogens (tertiary/aromatic N) is 1. The molecule has 0 aliphatic carbocycles. The monoisotopic (exact) mass is 224 g/mol. The van der Waals surface area contributed by atoms with E-state index in [1.165, 1.54) is 0 Å². The van der Waals surface area contributed by atoms with Gasteiger partial charge >= 0.3 is 0 Å². The zero-order chi connectivity index (χ0) is 11.6. The maximum atomic E-state index is 11.4. The molecular weight excluding hydrogens is 204 g/mol. The molecule has 0 bridgehead atoms. The van der Waals surface area contributed by atoms with E-state index in [-0.39, 0.29) is 5.56 Å². The lowest BCUT2D eigenvalue weighted by molar-refractivity contribution is 0.199. The van der Waals surface area contributed by atoms with Crippen LogP contribution in [0.25, 0.3) is 0 Å². The molecule has 0 aromatic carbocycles. The molecule has 90 valence electrons. The molecule has 0 unspecified atom stereocenters. The quantitative estimate of drug-likeness (QED) is 0.666. The van der Waals surface area contributed by atoms with Crippen molar-refractivity contribution in [3.05, 3.63) is 34.7 Å². The Morgan fingerprint density at radius 3 is 2.94 bits per heavy atom. The van der Waals surface area contributed by atoms with Gasteiger partial charge in [0.15, 0.2) is 0 Å². The number of aromatic nitrogens is 1. The first-order valence-electron chi connectivity index (χ1n) is 5.69. The van der Waals surface area contributed by atoms with Crippen LogP contribution in [0.3, 0.4) is 0 Å². The fourth-order valence-corrected chi connectivity index (χ4v) is 1.48. The predicted molar refractivity (Wildman–Crippen MR) is 64.7 cm³/mol. The Bertz CT molecular complexity index is 336. The van der Waals surface area contributed by atoms with E-state index in [1.807, 2.05) is 12.3 Å². The summed E-state index contributed by atoms with van der Waals surface area (Å²) in [6.07, 6.45) is 3.93. The highest BCUT2D eigenvalue weighted by atomic mass is 16.5. The van der Waals surface area contributed by atoms with Crippen molar-refractivity contribution < 1.29 is 4.74 Å².